The Hall–Kier alpha value is -0.940. The van der Waals surface area contributed by atoms with E-state index in [1.54, 1.807) is 11.3 Å². The number of nitrogens with one attached hydrogen (secondary N) is 1. The first kappa shape index (κ1) is 13.5. The number of aromatic nitrogens is 1. The van der Waals surface area contributed by atoms with Crippen molar-refractivity contribution >= 4 is 17.2 Å². The van der Waals surface area contributed by atoms with E-state index in [1.165, 1.54) is 4.88 Å². The highest BCUT2D eigenvalue weighted by Crippen LogP contribution is 2.31. The van der Waals surface area contributed by atoms with Crippen LogP contribution in [0.15, 0.2) is 0 Å². The van der Waals surface area contributed by atoms with Gasteiger partial charge in [0.2, 0.25) is 5.91 Å². The first-order valence-electron chi connectivity index (χ1n) is 6.46. The van der Waals surface area contributed by atoms with Crippen LogP contribution in [0.1, 0.15) is 41.4 Å². The minimum absolute atomic E-state index is 0.0180. The minimum Gasteiger partial charge on any atom is -0.334 e. The van der Waals surface area contributed by atoms with Gasteiger partial charge in [0.05, 0.1) is 22.8 Å². The smallest absolute Gasteiger partial charge is 0.240 e. The Morgan fingerprint density at radius 1 is 1.50 bits per heavy atom. The summed E-state index contributed by atoms with van der Waals surface area (Å²) < 4.78 is 0. The summed E-state index contributed by atoms with van der Waals surface area (Å²) in [7, 11) is 1.86. The molecule has 2 unspecified atom stereocenters. The highest BCUT2D eigenvalue weighted by Gasteiger charge is 2.32. The zero-order chi connectivity index (χ0) is 13.3. The molecule has 1 aliphatic rings. The van der Waals surface area contributed by atoms with Crippen molar-refractivity contribution in [2.45, 2.75) is 45.7 Å². The van der Waals surface area contributed by atoms with Crippen LogP contribution in [-0.2, 0) is 4.79 Å². The van der Waals surface area contributed by atoms with Gasteiger partial charge in [-0.25, -0.2) is 4.98 Å². The van der Waals surface area contributed by atoms with E-state index in [0.29, 0.717) is 0 Å². The fraction of sp³-hybridized carbons (Fsp3) is 0.692. The third-order valence-electron chi connectivity index (χ3n) is 3.61. The van der Waals surface area contributed by atoms with Gasteiger partial charge < -0.3 is 10.2 Å². The minimum atomic E-state index is -0.0180. The van der Waals surface area contributed by atoms with Crippen LogP contribution in [-0.4, -0.2) is 35.4 Å². The predicted molar refractivity (Wildman–Crippen MR) is 73.8 cm³/mol. The Balaban J connectivity index is 2.20. The van der Waals surface area contributed by atoms with Crippen LogP contribution in [0.5, 0.6) is 0 Å². The molecule has 0 bridgehead atoms. The van der Waals surface area contributed by atoms with Gasteiger partial charge in [0, 0.05) is 11.4 Å². The van der Waals surface area contributed by atoms with E-state index in [2.05, 4.69) is 17.2 Å². The monoisotopic (exact) mass is 267 g/mol. The maximum Gasteiger partial charge on any atom is 0.240 e. The lowest BCUT2D eigenvalue weighted by Gasteiger charge is -2.36. The summed E-state index contributed by atoms with van der Waals surface area (Å²) in [5.74, 6) is 0.224. The molecule has 0 saturated carbocycles. The summed E-state index contributed by atoms with van der Waals surface area (Å²) in [4.78, 5) is 20.0. The van der Waals surface area contributed by atoms with Gasteiger partial charge in [-0.1, -0.05) is 0 Å². The fourth-order valence-corrected chi connectivity index (χ4v) is 3.62. The van der Waals surface area contributed by atoms with Crippen LogP contribution in [0.25, 0.3) is 0 Å². The molecular weight excluding hydrogens is 246 g/mol. The fourth-order valence-electron chi connectivity index (χ4n) is 2.63. The van der Waals surface area contributed by atoms with Crippen LogP contribution >= 0.6 is 11.3 Å². The van der Waals surface area contributed by atoms with E-state index >= 15 is 0 Å². The highest BCUT2D eigenvalue weighted by molar-refractivity contribution is 7.11. The van der Waals surface area contributed by atoms with Crippen LogP contribution in [0.2, 0.25) is 0 Å². The molecule has 0 radical (unpaired) electrons. The Kier molecular flexibility index (Phi) is 4.02. The molecule has 2 rings (SSSR count). The number of carbonyl (C=O) groups is 1. The summed E-state index contributed by atoms with van der Waals surface area (Å²) in [6.45, 7) is 7.01. The van der Waals surface area contributed by atoms with Crippen molar-refractivity contribution < 1.29 is 4.79 Å². The van der Waals surface area contributed by atoms with Crippen LogP contribution in [0.4, 0.5) is 0 Å². The molecule has 1 amide bonds. The molecule has 1 aliphatic heterocycles. The number of carbonyl (C=O) groups excluding carboxylic acids is 1. The van der Waals surface area contributed by atoms with Gasteiger partial charge in [0.25, 0.3) is 0 Å². The van der Waals surface area contributed by atoms with Crippen molar-refractivity contribution in [3.05, 3.63) is 15.6 Å². The lowest BCUT2D eigenvalue weighted by molar-refractivity contribution is -0.138. The number of piperidine rings is 1. The molecule has 1 fully saturated rings. The van der Waals surface area contributed by atoms with Crippen molar-refractivity contribution in [1.82, 2.24) is 15.2 Å². The van der Waals surface area contributed by atoms with Crippen LogP contribution in [0, 0.1) is 13.8 Å². The predicted octanol–water partition coefficient (Wildman–Crippen LogP) is 2.03. The van der Waals surface area contributed by atoms with Crippen molar-refractivity contribution in [2.24, 2.45) is 0 Å². The van der Waals surface area contributed by atoms with Crippen molar-refractivity contribution in [3.63, 3.8) is 0 Å². The van der Waals surface area contributed by atoms with Gasteiger partial charge in [-0.05, 0) is 40.7 Å². The van der Waals surface area contributed by atoms with Crippen molar-refractivity contribution in [3.8, 4) is 0 Å². The molecule has 5 heteroatoms. The second kappa shape index (κ2) is 5.36. The first-order chi connectivity index (χ1) is 8.54. The summed E-state index contributed by atoms with van der Waals surface area (Å²) >= 11 is 1.70. The first-order valence-corrected chi connectivity index (χ1v) is 7.28. The number of likely N-dealkylation sites (tertiary alicyclic amines) is 1. The van der Waals surface area contributed by atoms with E-state index in [1.807, 2.05) is 25.8 Å². The lowest BCUT2D eigenvalue weighted by atomic mass is 10.0. The standard InChI is InChI=1S/C13H21N3OS/c1-8-12(18-10(3)15-8)9(2)16-7-5-6-11(14-4)13(16)17/h9,11,14H,5-7H2,1-4H3. The van der Waals surface area contributed by atoms with Crippen molar-refractivity contribution in [1.29, 1.82) is 0 Å². The van der Waals surface area contributed by atoms with E-state index in [0.717, 1.165) is 30.1 Å². The number of nitrogens with zero attached hydrogens (tertiary/aromatic N) is 2. The third-order valence-corrected chi connectivity index (χ3v) is 4.85. The molecule has 18 heavy (non-hydrogen) atoms. The average molecular weight is 267 g/mol. The third kappa shape index (κ3) is 2.42. The SMILES string of the molecule is CNC1CCCN(C(C)c2sc(C)nc2C)C1=O. The van der Waals surface area contributed by atoms with Gasteiger partial charge in [-0.15, -0.1) is 11.3 Å². The lowest BCUT2D eigenvalue weighted by Crippen LogP contribution is -2.50. The van der Waals surface area contributed by atoms with Gasteiger partial charge in [-0.2, -0.15) is 0 Å². The molecule has 100 valence electrons. The number of thiazole rings is 1. The Labute approximate surface area is 112 Å². The summed E-state index contributed by atoms with van der Waals surface area (Å²) in [6, 6.07) is 0.121. The number of likely N-dealkylation sites (N-methyl/N-ethyl adjacent to an activating group) is 1. The zero-order valence-electron chi connectivity index (χ0n) is 11.5. The molecule has 1 N–H and O–H groups in total. The zero-order valence-corrected chi connectivity index (χ0v) is 12.3. The summed E-state index contributed by atoms with van der Waals surface area (Å²) in [5, 5.41) is 4.18. The summed E-state index contributed by atoms with van der Waals surface area (Å²) in [5.41, 5.74) is 1.06. The molecule has 1 saturated heterocycles. The number of amides is 1. The molecule has 0 aliphatic carbocycles. The van der Waals surface area contributed by atoms with Gasteiger partial charge in [0.15, 0.2) is 0 Å². The number of hydrogen-bond acceptors (Lipinski definition) is 4. The van der Waals surface area contributed by atoms with Gasteiger partial charge in [0.1, 0.15) is 0 Å². The maximum absolute atomic E-state index is 12.3. The normalized spacial score (nSPS) is 22.3. The molecule has 4 nitrogen and oxygen atoms in total. The highest BCUT2D eigenvalue weighted by atomic mass is 32.1. The van der Waals surface area contributed by atoms with E-state index < -0.39 is 0 Å². The van der Waals surface area contributed by atoms with E-state index in [9.17, 15) is 4.79 Å². The van der Waals surface area contributed by atoms with Gasteiger partial charge in [-0.3, -0.25) is 4.79 Å². The molecule has 1 aromatic rings. The maximum atomic E-state index is 12.3. The Bertz CT molecular complexity index is 443. The van der Waals surface area contributed by atoms with Crippen molar-refractivity contribution in [2.75, 3.05) is 13.6 Å². The molecular formula is C13H21N3OS. The molecule has 2 atom stereocenters. The van der Waals surface area contributed by atoms with Crippen LogP contribution < -0.4 is 5.32 Å². The molecule has 0 spiro atoms. The largest absolute Gasteiger partial charge is 0.334 e. The summed E-state index contributed by atoms with van der Waals surface area (Å²) in [6.07, 6.45) is 2.01. The molecule has 2 heterocycles. The molecule has 0 aromatic carbocycles. The van der Waals surface area contributed by atoms with E-state index in [4.69, 9.17) is 0 Å². The number of aryl methyl sites for hydroxylation is 2. The van der Waals surface area contributed by atoms with E-state index in [-0.39, 0.29) is 18.0 Å². The Morgan fingerprint density at radius 3 is 2.78 bits per heavy atom. The van der Waals surface area contributed by atoms with Crippen LogP contribution in [0.3, 0.4) is 0 Å². The number of rotatable bonds is 3. The second-order valence-corrected chi connectivity index (χ2v) is 6.11. The average Bonchev–Trinajstić information content (AvgIpc) is 2.68. The molecule has 1 aromatic heterocycles. The number of hydrogen-bond donors (Lipinski definition) is 1. The quantitative estimate of drug-likeness (QED) is 0.911. The topological polar surface area (TPSA) is 45.2 Å². The Morgan fingerprint density at radius 2 is 2.22 bits per heavy atom. The van der Waals surface area contributed by atoms with Gasteiger partial charge >= 0.3 is 0 Å². The second-order valence-electron chi connectivity index (χ2n) is 4.87.